The van der Waals surface area contributed by atoms with Crippen LogP contribution >= 0.6 is 0 Å². The summed E-state index contributed by atoms with van der Waals surface area (Å²) in [5.41, 5.74) is 0.712. The van der Waals surface area contributed by atoms with E-state index in [9.17, 15) is 23.1 Å². The van der Waals surface area contributed by atoms with Crippen LogP contribution in [0.3, 0.4) is 0 Å². The fraction of sp³-hybridized carbons (Fsp3) is 0.312. The van der Waals surface area contributed by atoms with Gasteiger partial charge in [0.1, 0.15) is 6.04 Å². The number of carbonyl (C=O) groups excluding carboxylic acids is 1. The molecule has 1 N–H and O–H groups in total. The van der Waals surface area contributed by atoms with Crippen LogP contribution in [-0.4, -0.2) is 57.9 Å². The first kappa shape index (κ1) is 17.2. The van der Waals surface area contributed by atoms with E-state index in [1.165, 1.54) is 19.1 Å². The minimum Gasteiger partial charge on any atom is -0.480 e. The third-order valence-electron chi connectivity index (χ3n) is 4.33. The number of amides is 1. The van der Waals surface area contributed by atoms with Gasteiger partial charge in [-0.05, 0) is 36.8 Å². The van der Waals surface area contributed by atoms with E-state index in [0.717, 1.165) is 4.90 Å². The van der Waals surface area contributed by atoms with Gasteiger partial charge in [-0.3, -0.25) is 4.79 Å². The highest BCUT2D eigenvalue weighted by molar-refractivity contribution is 7.92. The van der Waals surface area contributed by atoms with Crippen LogP contribution in [0.5, 0.6) is 0 Å². The molecule has 1 aromatic heterocycles. The summed E-state index contributed by atoms with van der Waals surface area (Å²) in [6, 6.07) is 6.85. The zero-order valence-corrected chi connectivity index (χ0v) is 14.3. The molecule has 1 aromatic carbocycles. The normalized spacial score (nSPS) is 20.6. The number of aliphatic carboxylic acids is 1. The Balaban J connectivity index is 1.87. The first-order valence-electron chi connectivity index (χ1n) is 7.64. The summed E-state index contributed by atoms with van der Waals surface area (Å²) in [5, 5.41) is 12.4. The lowest BCUT2D eigenvalue weighted by Gasteiger charge is -2.18. The Morgan fingerprint density at radius 3 is 2.40 bits per heavy atom. The van der Waals surface area contributed by atoms with E-state index < -0.39 is 33.0 Å². The second-order valence-electron chi connectivity index (χ2n) is 5.87. The van der Waals surface area contributed by atoms with Crippen molar-refractivity contribution < 1.29 is 23.1 Å². The molecule has 1 fully saturated rings. The Morgan fingerprint density at radius 2 is 1.92 bits per heavy atom. The zero-order valence-electron chi connectivity index (χ0n) is 13.4. The number of carboxylic acids is 1. The zero-order chi connectivity index (χ0) is 18.2. The standard InChI is InChI=1S/C16H17N3O5S/c1-11(20)18-10-14(9-15(18)16(21)22)25(23,24)13-5-3-12(4-6-13)19-8-2-7-17-19/h2-8,14-15H,9-10H2,1H3,(H,21,22)/t14-,15+/m1/s1. The van der Waals surface area contributed by atoms with Crippen LogP contribution < -0.4 is 0 Å². The molecule has 1 aliphatic heterocycles. The molecule has 25 heavy (non-hydrogen) atoms. The number of benzene rings is 1. The van der Waals surface area contributed by atoms with E-state index in [2.05, 4.69) is 5.10 Å². The van der Waals surface area contributed by atoms with E-state index >= 15 is 0 Å². The van der Waals surface area contributed by atoms with Crippen LogP contribution in [0.4, 0.5) is 0 Å². The van der Waals surface area contributed by atoms with Crippen molar-refractivity contribution in [3.63, 3.8) is 0 Å². The molecule has 9 heteroatoms. The quantitative estimate of drug-likeness (QED) is 0.857. The Labute approximate surface area is 144 Å². The smallest absolute Gasteiger partial charge is 0.326 e. The maximum atomic E-state index is 12.8. The number of rotatable bonds is 4. The van der Waals surface area contributed by atoms with Gasteiger partial charge in [0, 0.05) is 25.9 Å². The molecule has 132 valence electrons. The van der Waals surface area contributed by atoms with Crippen molar-refractivity contribution in [2.24, 2.45) is 0 Å². The highest BCUT2D eigenvalue weighted by atomic mass is 32.2. The minimum absolute atomic E-state index is 0.1000. The van der Waals surface area contributed by atoms with Crippen molar-refractivity contribution in [1.29, 1.82) is 0 Å². The van der Waals surface area contributed by atoms with Crippen LogP contribution in [0.15, 0.2) is 47.6 Å². The molecule has 1 amide bonds. The van der Waals surface area contributed by atoms with Crippen LogP contribution in [0.1, 0.15) is 13.3 Å². The second kappa shape index (κ2) is 6.32. The molecule has 8 nitrogen and oxygen atoms in total. The van der Waals surface area contributed by atoms with Crippen molar-refractivity contribution in [3.8, 4) is 5.69 Å². The molecular weight excluding hydrogens is 346 g/mol. The molecule has 2 aromatic rings. The number of likely N-dealkylation sites (tertiary alicyclic amines) is 1. The highest BCUT2D eigenvalue weighted by Crippen LogP contribution is 2.28. The lowest BCUT2D eigenvalue weighted by atomic mass is 10.2. The van der Waals surface area contributed by atoms with Crippen molar-refractivity contribution in [1.82, 2.24) is 14.7 Å². The Morgan fingerprint density at radius 1 is 1.24 bits per heavy atom. The van der Waals surface area contributed by atoms with Crippen molar-refractivity contribution >= 4 is 21.7 Å². The monoisotopic (exact) mass is 363 g/mol. The van der Waals surface area contributed by atoms with Crippen molar-refractivity contribution in [3.05, 3.63) is 42.7 Å². The third-order valence-corrected chi connectivity index (χ3v) is 6.47. The summed E-state index contributed by atoms with van der Waals surface area (Å²) in [7, 11) is -3.74. The van der Waals surface area contributed by atoms with E-state index in [0.29, 0.717) is 5.69 Å². The van der Waals surface area contributed by atoms with Gasteiger partial charge in [-0.1, -0.05) is 0 Å². The van der Waals surface area contributed by atoms with E-state index in [-0.39, 0.29) is 17.9 Å². The first-order valence-corrected chi connectivity index (χ1v) is 9.19. The number of hydrogen-bond acceptors (Lipinski definition) is 5. The Bertz CT molecular complexity index is 868. The number of hydrogen-bond donors (Lipinski definition) is 1. The average molecular weight is 363 g/mol. The molecule has 2 heterocycles. The molecular formula is C16H17N3O5S. The second-order valence-corrected chi connectivity index (χ2v) is 8.10. The molecule has 3 rings (SSSR count). The molecule has 0 radical (unpaired) electrons. The molecule has 2 atom stereocenters. The SMILES string of the molecule is CC(=O)N1C[C@H](S(=O)(=O)c2ccc(-n3cccn3)cc2)C[C@H]1C(=O)O. The average Bonchev–Trinajstić information content (AvgIpc) is 3.25. The fourth-order valence-electron chi connectivity index (χ4n) is 3.01. The van der Waals surface area contributed by atoms with Gasteiger partial charge in [-0.2, -0.15) is 5.10 Å². The first-order chi connectivity index (χ1) is 11.8. The number of aromatic nitrogens is 2. The van der Waals surface area contributed by atoms with Crippen LogP contribution in [0, 0.1) is 0 Å². The van der Waals surface area contributed by atoms with Gasteiger partial charge < -0.3 is 10.0 Å². The number of carboxylic acid groups (broad SMARTS) is 1. The predicted octanol–water partition coefficient (Wildman–Crippen LogP) is 0.720. The fourth-order valence-corrected chi connectivity index (χ4v) is 4.70. The van der Waals surface area contributed by atoms with E-state index in [4.69, 9.17) is 0 Å². The third kappa shape index (κ3) is 3.14. The predicted molar refractivity (Wildman–Crippen MR) is 88.0 cm³/mol. The van der Waals surface area contributed by atoms with Crippen LogP contribution in [-0.2, 0) is 19.4 Å². The molecule has 0 bridgehead atoms. The number of carbonyl (C=O) groups is 2. The van der Waals surface area contributed by atoms with E-state index in [1.54, 1.807) is 35.3 Å². The lowest BCUT2D eigenvalue weighted by Crippen LogP contribution is -2.39. The molecule has 0 aliphatic carbocycles. The minimum atomic E-state index is -3.74. The lowest BCUT2D eigenvalue weighted by molar-refractivity contribution is -0.147. The van der Waals surface area contributed by atoms with Crippen molar-refractivity contribution in [2.75, 3.05) is 6.54 Å². The summed E-state index contributed by atoms with van der Waals surface area (Å²) in [5.74, 6) is -1.64. The van der Waals surface area contributed by atoms with Gasteiger partial charge in [-0.15, -0.1) is 0 Å². The van der Waals surface area contributed by atoms with E-state index in [1.807, 2.05) is 0 Å². The topological polar surface area (TPSA) is 110 Å². The van der Waals surface area contributed by atoms with Gasteiger partial charge in [0.15, 0.2) is 9.84 Å². The van der Waals surface area contributed by atoms with Crippen LogP contribution in [0.25, 0.3) is 5.69 Å². The van der Waals surface area contributed by atoms with Gasteiger partial charge in [-0.25, -0.2) is 17.9 Å². The van der Waals surface area contributed by atoms with Gasteiger partial charge in [0.2, 0.25) is 5.91 Å². The Kier molecular flexibility index (Phi) is 4.34. The molecule has 0 spiro atoms. The summed E-state index contributed by atoms with van der Waals surface area (Å²) in [4.78, 5) is 24.1. The number of sulfone groups is 1. The molecule has 1 saturated heterocycles. The molecule has 0 unspecified atom stereocenters. The molecule has 1 aliphatic rings. The highest BCUT2D eigenvalue weighted by Gasteiger charge is 2.44. The molecule has 0 saturated carbocycles. The largest absolute Gasteiger partial charge is 0.480 e. The summed E-state index contributed by atoms with van der Waals surface area (Å²) < 4.78 is 27.2. The maximum absolute atomic E-state index is 12.8. The van der Waals surface area contributed by atoms with Crippen LogP contribution in [0.2, 0.25) is 0 Å². The maximum Gasteiger partial charge on any atom is 0.326 e. The summed E-state index contributed by atoms with van der Waals surface area (Å²) in [6.07, 6.45) is 3.24. The summed E-state index contributed by atoms with van der Waals surface area (Å²) >= 11 is 0. The van der Waals surface area contributed by atoms with Crippen molar-refractivity contribution in [2.45, 2.75) is 29.5 Å². The van der Waals surface area contributed by atoms with Gasteiger partial charge in [0.25, 0.3) is 0 Å². The Hall–Kier alpha value is -2.68. The van der Waals surface area contributed by atoms with Gasteiger partial charge in [0.05, 0.1) is 15.8 Å². The summed E-state index contributed by atoms with van der Waals surface area (Å²) in [6.45, 7) is 1.12. The number of nitrogens with zero attached hydrogens (tertiary/aromatic N) is 3. The van der Waals surface area contributed by atoms with Gasteiger partial charge >= 0.3 is 5.97 Å².